The maximum Gasteiger partial charge on any atom is 0.417 e. The molecule has 20 heavy (non-hydrogen) atoms. The highest BCUT2D eigenvalue weighted by Crippen LogP contribution is 2.36. The van der Waals surface area contributed by atoms with E-state index in [1.165, 1.54) is 0 Å². The van der Waals surface area contributed by atoms with Gasteiger partial charge < -0.3 is 5.32 Å². The smallest absolute Gasteiger partial charge is 0.347 e. The summed E-state index contributed by atoms with van der Waals surface area (Å²) in [5.41, 5.74) is -3.99. The summed E-state index contributed by atoms with van der Waals surface area (Å²) < 4.78 is 38.6. The van der Waals surface area contributed by atoms with Crippen molar-refractivity contribution in [1.82, 2.24) is 5.32 Å². The fourth-order valence-corrected chi connectivity index (χ4v) is 1.57. The van der Waals surface area contributed by atoms with Crippen LogP contribution in [0.1, 0.15) is 36.7 Å². The number of halogens is 3. The molecule has 0 saturated heterocycles. The lowest BCUT2D eigenvalue weighted by molar-refractivity contribution is -0.385. The van der Waals surface area contributed by atoms with Crippen molar-refractivity contribution < 1.29 is 22.9 Å². The molecule has 8 heteroatoms. The zero-order valence-corrected chi connectivity index (χ0v) is 11.0. The standard InChI is InChI=1S/C12H13F3N2O3/c1-11(2,3)16-10(18)9-7(12(13,14)15)5-4-6-8(9)17(19)20/h4-6H,1-3H3,(H,16,18). The Balaban J connectivity index is 3.48. The molecule has 0 aliphatic rings. The van der Waals surface area contributed by atoms with Gasteiger partial charge in [-0.3, -0.25) is 14.9 Å². The number of alkyl halides is 3. The fraction of sp³-hybridized carbons (Fsp3) is 0.417. The second-order valence-electron chi connectivity index (χ2n) is 5.16. The van der Waals surface area contributed by atoms with Crippen LogP contribution in [-0.2, 0) is 6.18 Å². The molecule has 1 rings (SSSR count). The molecule has 1 N–H and O–H groups in total. The molecule has 5 nitrogen and oxygen atoms in total. The summed E-state index contributed by atoms with van der Waals surface area (Å²) in [5, 5.41) is 13.1. The Labute approximate surface area is 112 Å². The molecule has 0 bridgehead atoms. The summed E-state index contributed by atoms with van der Waals surface area (Å²) in [6.07, 6.45) is -4.85. The monoisotopic (exact) mass is 290 g/mol. The second kappa shape index (κ2) is 5.10. The van der Waals surface area contributed by atoms with E-state index in [0.29, 0.717) is 6.07 Å². The van der Waals surface area contributed by atoms with Crippen molar-refractivity contribution >= 4 is 11.6 Å². The van der Waals surface area contributed by atoms with Gasteiger partial charge in [-0.25, -0.2) is 0 Å². The Morgan fingerprint density at radius 2 is 1.80 bits per heavy atom. The van der Waals surface area contributed by atoms with Crippen molar-refractivity contribution in [2.75, 3.05) is 0 Å². The number of carbonyl (C=O) groups excluding carboxylic acids is 1. The quantitative estimate of drug-likeness (QED) is 0.671. The average molecular weight is 290 g/mol. The molecule has 0 fully saturated rings. The molecule has 0 spiro atoms. The summed E-state index contributed by atoms with van der Waals surface area (Å²) in [4.78, 5) is 21.8. The van der Waals surface area contributed by atoms with Crippen molar-refractivity contribution in [2.45, 2.75) is 32.5 Å². The third-order valence-corrected chi connectivity index (χ3v) is 2.26. The fourth-order valence-electron chi connectivity index (χ4n) is 1.57. The molecule has 0 heterocycles. The summed E-state index contributed by atoms with van der Waals surface area (Å²) in [7, 11) is 0. The Morgan fingerprint density at radius 1 is 1.25 bits per heavy atom. The largest absolute Gasteiger partial charge is 0.417 e. The Kier molecular flexibility index (Phi) is 4.07. The van der Waals surface area contributed by atoms with Crippen LogP contribution < -0.4 is 5.32 Å². The van der Waals surface area contributed by atoms with E-state index in [1.807, 2.05) is 0 Å². The van der Waals surface area contributed by atoms with Gasteiger partial charge in [-0.2, -0.15) is 13.2 Å². The zero-order valence-electron chi connectivity index (χ0n) is 11.0. The predicted molar refractivity (Wildman–Crippen MR) is 65.3 cm³/mol. The highest BCUT2D eigenvalue weighted by Gasteiger charge is 2.39. The van der Waals surface area contributed by atoms with Crippen LogP contribution in [0.2, 0.25) is 0 Å². The van der Waals surface area contributed by atoms with Crippen LogP contribution in [0.15, 0.2) is 18.2 Å². The molecule has 0 unspecified atom stereocenters. The van der Waals surface area contributed by atoms with E-state index in [2.05, 4.69) is 5.32 Å². The molecule has 0 aliphatic carbocycles. The van der Waals surface area contributed by atoms with Crippen LogP contribution in [0.3, 0.4) is 0 Å². The number of amides is 1. The van der Waals surface area contributed by atoms with E-state index in [4.69, 9.17) is 0 Å². The first-order valence-corrected chi connectivity index (χ1v) is 5.60. The maximum absolute atomic E-state index is 12.9. The van der Waals surface area contributed by atoms with Gasteiger partial charge in [-0.15, -0.1) is 0 Å². The second-order valence-corrected chi connectivity index (χ2v) is 5.16. The summed E-state index contributed by atoms with van der Waals surface area (Å²) in [6.45, 7) is 4.69. The normalized spacial score (nSPS) is 12.1. The predicted octanol–water partition coefficient (Wildman–Crippen LogP) is 3.14. The zero-order chi connectivity index (χ0) is 15.7. The lowest BCUT2D eigenvalue weighted by atomic mass is 10.0. The summed E-state index contributed by atoms with van der Waals surface area (Å²) in [5.74, 6) is -1.13. The van der Waals surface area contributed by atoms with E-state index < -0.39 is 39.4 Å². The SMILES string of the molecule is CC(C)(C)NC(=O)c1c([N+](=O)[O-])cccc1C(F)(F)F. The minimum atomic E-state index is -4.85. The van der Waals surface area contributed by atoms with E-state index >= 15 is 0 Å². The number of hydrogen-bond donors (Lipinski definition) is 1. The van der Waals surface area contributed by atoms with Crippen molar-refractivity contribution in [3.05, 3.63) is 39.4 Å². The Morgan fingerprint density at radius 3 is 2.20 bits per heavy atom. The lowest BCUT2D eigenvalue weighted by Gasteiger charge is -2.21. The molecule has 1 aromatic carbocycles. The van der Waals surface area contributed by atoms with Crippen LogP contribution in [0.5, 0.6) is 0 Å². The molecule has 0 atom stereocenters. The molecule has 110 valence electrons. The van der Waals surface area contributed by atoms with Gasteiger partial charge in [0.1, 0.15) is 5.56 Å². The third kappa shape index (κ3) is 3.69. The van der Waals surface area contributed by atoms with Crippen LogP contribution in [0.25, 0.3) is 0 Å². The number of rotatable bonds is 2. The molecule has 0 aliphatic heterocycles. The molecular formula is C12H13F3N2O3. The maximum atomic E-state index is 12.9. The summed E-state index contributed by atoms with van der Waals surface area (Å²) in [6, 6.07) is 2.41. The van der Waals surface area contributed by atoms with Crippen LogP contribution in [0, 0.1) is 10.1 Å². The van der Waals surface area contributed by atoms with E-state index in [0.717, 1.165) is 12.1 Å². The van der Waals surface area contributed by atoms with E-state index in [1.54, 1.807) is 20.8 Å². The first kappa shape index (κ1) is 15.9. The van der Waals surface area contributed by atoms with Gasteiger partial charge in [0, 0.05) is 11.6 Å². The number of carbonyl (C=O) groups is 1. The average Bonchev–Trinajstić information content (AvgIpc) is 2.24. The van der Waals surface area contributed by atoms with Crippen LogP contribution >= 0.6 is 0 Å². The molecule has 1 aromatic rings. The number of nitrogens with zero attached hydrogens (tertiary/aromatic N) is 1. The number of nitro benzene ring substituents is 1. The van der Waals surface area contributed by atoms with Gasteiger partial charge in [0.25, 0.3) is 11.6 Å². The van der Waals surface area contributed by atoms with Crippen LogP contribution in [-0.4, -0.2) is 16.4 Å². The van der Waals surface area contributed by atoms with Gasteiger partial charge in [0.2, 0.25) is 0 Å². The highest BCUT2D eigenvalue weighted by atomic mass is 19.4. The first-order chi connectivity index (χ1) is 8.93. The number of nitrogens with one attached hydrogen (secondary N) is 1. The van der Waals surface area contributed by atoms with Crippen molar-refractivity contribution in [2.24, 2.45) is 0 Å². The number of nitro groups is 1. The Hall–Kier alpha value is -2.12. The van der Waals surface area contributed by atoms with Crippen molar-refractivity contribution in [3.63, 3.8) is 0 Å². The van der Waals surface area contributed by atoms with Crippen LogP contribution in [0.4, 0.5) is 18.9 Å². The van der Waals surface area contributed by atoms with Gasteiger partial charge in [0.15, 0.2) is 0 Å². The molecule has 1 amide bonds. The molecule has 0 aromatic heterocycles. The minimum Gasteiger partial charge on any atom is -0.347 e. The summed E-state index contributed by atoms with van der Waals surface area (Å²) >= 11 is 0. The van der Waals surface area contributed by atoms with Gasteiger partial charge >= 0.3 is 6.18 Å². The topological polar surface area (TPSA) is 72.2 Å². The highest BCUT2D eigenvalue weighted by molar-refractivity contribution is 6.00. The van der Waals surface area contributed by atoms with E-state index in [9.17, 15) is 28.1 Å². The molecule has 0 radical (unpaired) electrons. The number of hydrogen-bond acceptors (Lipinski definition) is 3. The van der Waals surface area contributed by atoms with E-state index in [-0.39, 0.29) is 0 Å². The number of benzene rings is 1. The first-order valence-electron chi connectivity index (χ1n) is 5.60. The van der Waals surface area contributed by atoms with Crippen molar-refractivity contribution in [1.29, 1.82) is 0 Å². The van der Waals surface area contributed by atoms with Gasteiger partial charge in [0.05, 0.1) is 10.5 Å². The molecule has 0 saturated carbocycles. The minimum absolute atomic E-state index is 0.643. The van der Waals surface area contributed by atoms with Crippen molar-refractivity contribution in [3.8, 4) is 0 Å². The molecular weight excluding hydrogens is 277 g/mol. The third-order valence-electron chi connectivity index (χ3n) is 2.26. The van der Waals surface area contributed by atoms with Gasteiger partial charge in [-0.05, 0) is 26.8 Å². The van der Waals surface area contributed by atoms with Gasteiger partial charge in [-0.1, -0.05) is 6.07 Å². The lowest BCUT2D eigenvalue weighted by Crippen LogP contribution is -2.41. The Bertz CT molecular complexity index is 548.